The SMILES string of the molecule is NCCNC(=O)CCCCCCCCO[C@@H]1O[C@H](CO[C@H]2O[C@H](CO)[C@@H](O)[C@H](O[C@H]3O[C@H](CO)[C@@H](O)[C@H](O)[C@@H]3O)[C@@H]2O)[C@H]2OC(c3ccccc3)O[C@H]1[C@H]2O[C@H]1O[C@H](CO)[C@@H](O)[C@H](O)[C@@H]1O[C@H]1O[C@H](CO)[C@@H](O)[C@H](O)[C@@H]1O. The molecule has 0 radical (unpaired) electrons. The summed E-state index contributed by atoms with van der Waals surface area (Å²) in [4.78, 5) is 12.0. The fourth-order valence-electron chi connectivity index (χ4n) is 9.97. The van der Waals surface area contributed by atoms with E-state index in [1.165, 1.54) is 0 Å². The molecule has 6 heterocycles. The number of rotatable bonds is 26. The molecule has 6 aliphatic rings. The average molecular weight is 1120 g/mol. The van der Waals surface area contributed by atoms with E-state index in [2.05, 4.69) is 5.32 Å². The zero-order valence-electron chi connectivity index (χ0n) is 42.2. The van der Waals surface area contributed by atoms with Crippen molar-refractivity contribution >= 4 is 5.91 Å². The number of ether oxygens (including phenoxy) is 12. The van der Waals surface area contributed by atoms with Gasteiger partial charge in [0.05, 0.1) is 33.0 Å². The fraction of sp³-hybridized carbons (Fsp3) is 0.854. The molecule has 0 aliphatic carbocycles. The molecule has 6 saturated heterocycles. The molecule has 29 heteroatoms. The molecular formula is C48H78N2O27. The van der Waals surface area contributed by atoms with Gasteiger partial charge in [-0.2, -0.15) is 0 Å². The molecule has 77 heavy (non-hydrogen) atoms. The van der Waals surface area contributed by atoms with Crippen LogP contribution in [0, 0.1) is 0 Å². The van der Waals surface area contributed by atoms with Crippen molar-refractivity contribution in [1.29, 1.82) is 0 Å². The van der Waals surface area contributed by atoms with Crippen molar-refractivity contribution in [3.63, 3.8) is 0 Å². The maximum absolute atomic E-state index is 12.0. The Labute approximate surface area is 442 Å². The van der Waals surface area contributed by atoms with Gasteiger partial charge in [0.25, 0.3) is 0 Å². The van der Waals surface area contributed by atoms with E-state index < -0.39 is 193 Å². The summed E-state index contributed by atoms with van der Waals surface area (Å²) in [6, 6.07) is 8.67. The molecule has 0 spiro atoms. The second kappa shape index (κ2) is 29.5. The molecule has 6 fully saturated rings. The Morgan fingerprint density at radius 3 is 1.56 bits per heavy atom. The van der Waals surface area contributed by atoms with E-state index in [0.717, 1.165) is 19.3 Å². The lowest BCUT2D eigenvalue weighted by atomic mass is 9.94. The van der Waals surface area contributed by atoms with Crippen LogP contribution in [0.5, 0.6) is 0 Å². The molecular weight excluding hydrogens is 1040 g/mol. The van der Waals surface area contributed by atoms with Gasteiger partial charge in [-0.05, 0) is 12.8 Å². The number of nitrogens with one attached hydrogen (secondary N) is 1. The summed E-state index contributed by atoms with van der Waals surface area (Å²) < 4.78 is 73.3. The normalized spacial score (nSPS) is 43.5. The minimum absolute atomic E-state index is 0.0658. The Morgan fingerprint density at radius 2 is 0.961 bits per heavy atom. The van der Waals surface area contributed by atoms with E-state index in [4.69, 9.17) is 62.6 Å². The van der Waals surface area contributed by atoms with Crippen LogP contribution in [0.3, 0.4) is 0 Å². The number of nitrogens with two attached hydrogens (primary N) is 1. The highest BCUT2D eigenvalue weighted by Crippen LogP contribution is 2.42. The summed E-state index contributed by atoms with van der Waals surface area (Å²) in [6.45, 7) is -3.08. The fourth-order valence-corrected chi connectivity index (χ4v) is 9.97. The van der Waals surface area contributed by atoms with Gasteiger partial charge in [-0.15, -0.1) is 0 Å². The topological polar surface area (TPSA) is 449 Å². The summed E-state index contributed by atoms with van der Waals surface area (Å²) in [7, 11) is 0. The molecule has 442 valence electrons. The number of unbranched alkanes of at least 4 members (excludes halogenated alkanes) is 5. The van der Waals surface area contributed by atoms with Crippen LogP contribution in [-0.2, 0) is 61.6 Å². The van der Waals surface area contributed by atoms with Crippen LogP contribution in [-0.4, -0.2) is 284 Å². The molecule has 1 unspecified atom stereocenters. The molecule has 1 amide bonds. The third-order valence-corrected chi connectivity index (χ3v) is 14.4. The Morgan fingerprint density at radius 1 is 0.468 bits per heavy atom. The van der Waals surface area contributed by atoms with Gasteiger partial charge in [-0.1, -0.05) is 56.0 Å². The number of carbonyl (C=O) groups excluding carboxylic acids is 1. The summed E-state index contributed by atoms with van der Waals surface area (Å²) in [6.07, 6.45) is -38.6. The van der Waals surface area contributed by atoms with Gasteiger partial charge in [-0.25, -0.2) is 0 Å². The lowest BCUT2D eigenvalue weighted by molar-refractivity contribution is -0.432. The Hall–Kier alpha value is -2.39. The third-order valence-electron chi connectivity index (χ3n) is 14.4. The smallest absolute Gasteiger partial charge is 0.220 e. The van der Waals surface area contributed by atoms with Crippen molar-refractivity contribution in [2.45, 2.75) is 205 Å². The molecule has 2 bridgehead atoms. The predicted octanol–water partition coefficient (Wildman–Crippen LogP) is -7.33. The number of aliphatic hydroxyl groups excluding tert-OH is 14. The zero-order valence-corrected chi connectivity index (χ0v) is 42.2. The third kappa shape index (κ3) is 15.0. The molecule has 0 saturated carbocycles. The van der Waals surface area contributed by atoms with E-state index in [9.17, 15) is 76.3 Å². The minimum atomic E-state index is -1.98. The highest BCUT2D eigenvalue weighted by Gasteiger charge is 2.59. The lowest BCUT2D eigenvalue weighted by Crippen LogP contribution is -2.69. The van der Waals surface area contributed by atoms with Crippen molar-refractivity contribution in [3.05, 3.63) is 35.9 Å². The number of hydrogen-bond acceptors (Lipinski definition) is 28. The van der Waals surface area contributed by atoms with Gasteiger partial charge in [0.2, 0.25) is 5.91 Å². The molecule has 29 nitrogen and oxygen atoms in total. The molecule has 1 aromatic rings. The summed E-state index contributed by atoms with van der Waals surface area (Å²) in [5.41, 5.74) is 5.98. The Balaban J connectivity index is 1.15. The minimum Gasteiger partial charge on any atom is -0.394 e. The van der Waals surface area contributed by atoms with Crippen LogP contribution >= 0.6 is 0 Å². The zero-order chi connectivity index (χ0) is 55.5. The van der Waals surface area contributed by atoms with Crippen LogP contribution in [0.1, 0.15) is 56.8 Å². The van der Waals surface area contributed by atoms with Crippen LogP contribution in [0.25, 0.3) is 0 Å². The van der Waals surface area contributed by atoms with Crippen LogP contribution in [0.15, 0.2) is 30.3 Å². The van der Waals surface area contributed by atoms with Crippen LogP contribution < -0.4 is 11.1 Å². The van der Waals surface area contributed by atoms with E-state index in [-0.39, 0.29) is 12.5 Å². The summed E-state index contributed by atoms with van der Waals surface area (Å²) in [5, 5.41) is 152. The van der Waals surface area contributed by atoms with Gasteiger partial charge >= 0.3 is 0 Å². The van der Waals surface area contributed by atoms with Gasteiger partial charge < -0.3 is 139 Å². The van der Waals surface area contributed by atoms with E-state index >= 15 is 0 Å². The van der Waals surface area contributed by atoms with Crippen molar-refractivity contribution in [1.82, 2.24) is 5.32 Å². The molecule has 1 aromatic carbocycles. The molecule has 0 aromatic heterocycles. The summed E-state index contributed by atoms with van der Waals surface area (Å²) >= 11 is 0. The maximum Gasteiger partial charge on any atom is 0.220 e. The highest BCUT2D eigenvalue weighted by atomic mass is 16.8. The molecule has 6 aliphatic heterocycles. The quantitative estimate of drug-likeness (QED) is 0.0383. The molecule has 17 N–H and O–H groups in total. The standard InChI is InChI=1S/C48H78N2O27/c49-13-14-50-27(55)12-8-3-1-2-4-9-15-66-47-42-41(76-48-40(34(62)30(58)24(18-53)71-48)75-46-36(64)33(61)29(57)23(17-52)70-46)38(73-43(77-42)21-10-6-5-7-11-21)26(72-47)20-67-44-37(65)39(31(59)25(19-54)68-44)74-45-35(63)32(60)28(56)22(16-51)69-45/h5-7,10-11,22-26,28-48,51-54,56-65H,1-4,8-9,12-20,49H2,(H,50,55)/t22-,23-,24-,25-,26-,28-,29-,30-,31-,32+,33+,34+,35+,36+,37+,38-,39+,40+,41+,42+,43?,44+,45-,46-,47-,48-/m1/s1. The first-order chi connectivity index (χ1) is 37.0. The molecule has 7 rings (SSSR count). The van der Waals surface area contributed by atoms with E-state index in [1.807, 2.05) is 0 Å². The van der Waals surface area contributed by atoms with Crippen LogP contribution in [0.2, 0.25) is 0 Å². The first-order valence-corrected chi connectivity index (χ1v) is 26.1. The van der Waals surface area contributed by atoms with Crippen molar-refractivity contribution in [2.75, 3.05) is 52.7 Å². The predicted molar refractivity (Wildman–Crippen MR) is 252 cm³/mol. The van der Waals surface area contributed by atoms with Gasteiger partial charge in [0, 0.05) is 31.7 Å². The van der Waals surface area contributed by atoms with Gasteiger partial charge in [-0.3, -0.25) is 4.79 Å². The number of benzene rings is 1. The van der Waals surface area contributed by atoms with E-state index in [1.54, 1.807) is 30.3 Å². The van der Waals surface area contributed by atoms with Crippen molar-refractivity contribution in [3.8, 4) is 0 Å². The molecule has 26 atom stereocenters. The maximum atomic E-state index is 12.0. The van der Waals surface area contributed by atoms with Crippen LogP contribution in [0.4, 0.5) is 0 Å². The van der Waals surface area contributed by atoms with Gasteiger partial charge in [0.15, 0.2) is 37.7 Å². The highest BCUT2D eigenvalue weighted by molar-refractivity contribution is 5.75. The largest absolute Gasteiger partial charge is 0.394 e. The van der Waals surface area contributed by atoms with Gasteiger partial charge in [0.1, 0.15) is 122 Å². The number of carbonyl (C=O) groups is 1. The van der Waals surface area contributed by atoms with E-state index in [0.29, 0.717) is 44.3 Å². The van der Waals surface area contributed by atoms with Crippen molar-refractivity contribution < 1.29 is 133 Å². The monoisotopic (exact) mass is 1110 g/mol. The first-order valence-electron chi connectivity index (χ1n) is 26.1. The number of amides is 1. The van der Waals surface area contributed by atoms with Crippen molar-refractivity contribution in [2.24, 2.45) is 5.73 Å². The summed E-state index contributed by atoms with van der Waals surface area (Å²) in [5.74, 6) is -0.0658. The Kier molecular flexibility index (Phi) is 23.9. The number of aliphatic hydroxyl groups is 14. The number of fused-ring (bicyclic) bond motifs is 2. The lowest BCUT2D eigenvalue weighted by Gasteiger charge is -2.53. The first kappa shape index (κ1) is 62.2. The second-order valence-corrected chi connectivity index (χ2v) is 19.8. The number of hydrogen-bond donors (Lipinski definition) is 16. The average Bonchev–Trinajstić information content (AvgIpc) is 3.51. The Bertz CT molecular complexity index is 1890. The second-order valence-electron chi connectivity index (χ2n) is 19.8.